The highest BCUT2D eigenvalue weighted by molar-refractivity contribution is 5.83. The molecule has 110 valence electrons. The first-order valence-corrected chi connectivity index (χ1v) is 5.99. The molecule has 1 aromatic rings. The van der Waals surface area contributed by atoms with Crippen LogP contribution in [0.5, 0.6) is 5.75 Å². The van der Waals surface area contributed by atoms with Gasteiger partial charge >= 0.3 is 5.97 Å². The Balaban J connectivity index is 2.40. The van der Waals surface area contributed by atoms with E-state index in [1.54, 1.807) is 6.07 Å². The van der Waals surface area contributed by atoms with Crippen LogP contribution in [0.15, 0.2) is 24.3 Å². The van der Waals surface area contributed by atoms with E-state index in [2.05, 4.69) is 5.32 Å². The number of ether oxygens (including phenoxy) is 1. The second-order valence-electron chi connectivity index (χ2n) is 4.15. The number of benzene rings is 1. The molecule has 0 aliphatic heterocycles. The Hall–Kier alpha value is -2.15. The number of rotatable bonds is 7. The minimum atomic E-state index is -1.38. The molecule has 1 aromatic carbocycles. The molecule has 1 amide bonds. The number of carboxylic acid groups (broad SMARTS) is 1. The maximum atomic E-state index is 13.2. The Bertz CT molecular complexity index is 478. The van der Waals surface area contributed by atoms with E-state index in [0.29, 0.717) is 0 Å². The zero-order valence-electron chi connectivity index (χ0n) is 10.9. The predicted octanol–water partition coefficient (Wildman–Crippen LogP) is 0.545. The molecule has 20 heavy (non-hydrogen) atoms. The van der Waals surface area contributed by atoms with Crippen molar-refractivity contribution in [2.45, 2.75) is 25.5 Å². The van der Waals surface area contributed by atoms with Crippen LogP contribution in [0.1, 0.15) is 13.3 Å². The normalized spacial score (nSPS) is 13.3. The van der Waals surface area contributed by atoms with E-state index in [4.69, 9.17) is 9.84 Å². The van der Waals surface area contributed by atoms with Crippen molar-refractivity contribution >= 4 is 11.9 Å². The molecule has 0 saturated heterocycles. The summed E-state index contributed by atoms with van der Waals surface area (Å²) in [5, 5.41) is 20.1. The Morgan fingerprint density at radius 1 is 1.40 bits per heavy atom. The summed E-state index contributed by atoms with van der Waals surface area (Å²) in [6.07, 6.45) is -1.37. The zero-order valence-corrected chi connectivity index (χ0v) is 10.9. The van der Waals surface area contributed by atoms with Crippen molar-refractivity contribution in [3.05, 3.63) is 30.1 Å². The Kier molecular flexibility index (Phi) is 5.92. The molecule has 1 rings (SSSR count). The van der Waals surface area contributed by atoms with Gasteiger partial charge in [-0.1, -0.05) is 12.1 Å². The van der Waals surface area contributed by atoms with Gasteiger partial charge in [-0.3, -0.25) is 4.79 Å². The number of aliphatic hydroxyl groups excluding tert-OH is 1. The standard InChI is InChI=1S/C13H16FNO5/c1-8(16)12(13(18)19)15-11(17)6-7-20-10-5-3-2-4-9(10)14/h2-5,8,12,16H,6-7H2,1H3,(H,15,17)(H,18,19)/t8-,12+/m1/s1. The molecule has 2 atom stereocenters. The third-order valence-electron chi connectivity index (χ3n) is 2.49. The monoisotopic (exact) mass is 285 g/mol. The van der Waals surface area contributed by atoms with Crippen molar-refractivity contribution in [2.24, 2.45) is 0 Å². The Labute approximate surface area is 115 Å². The molecule has 0 aliphatic carbocycles. The van der Waals surface area contributed by atoms with Gasteiger partial charge in [0, 0.05) is 0 Å². The van der Waals surface area contributed by atoms with Gasteiger partial charge in [0.15, 0.2) is 17.6 Å². The lowest BCUT2D eigenvalue weighted by Gasteiger charge is -2.17. The molecule has 0 bridgehead atoms. The number of halogens is 1. The number of carbonyl (C=O) groups excluding carboxylic acids is 1. The largest absolute Gasteiger partial charge is 0.490 e. The molecule has 0 aliphatic rings. The third-order valence-corrected chi connectivity index (χ3v) is 2.49. The molecule has 0 aromatic heterocycles. The first kappa shape index (κ1) is 15.9. The number of nitrogens with one attached hydrogen (secondary N) is 1. The van der Waals surface area contributed by atoms with E-state index < -0.39 is 29.8 Å². The molecule has 3 N–H and O–H groups in total. The predicted molar refractivity (Wildman–Crippen MR) is 67.8 cm³/mol. The summed E-state index contributed by atoms with van der Waals surface area (Å²) in [5.41, 5.74) is 0. The van der Waals surface area contributed by atoms with E-state index in [0.717, 1.165) is 0 Å². The number of carbonyl (C=O) groups is 2. The number of hydrogen-bond acceptors (Lipinski definition) is 4. The van der Waals surface area contributed by atoms with Crippen molar-refractivity contribution in [3.8, 4) is 5.75 Å². The van der Waals surface area contributed by atoms with Crippen LogP contribution in [0.3, 0.4) is 0 Å². The lowest BCUT2D eigenvalue weighted by atomic mass is 10.2. The highest BCUT2D eigenvalue weighted by atomic mass is 19.1. The van der Waals surface area contributed by atoms with Crippen LogP contribution >= 0.6 is 0 Å². The second kappa shape index (κ2) is 7.44. The van der Waals surface area contributed by atoms with Crippen LogP contribution in [0.2, 0.25) is 0 Å². The van der Waals surface area contributed by atoms with E-state index in [1.165, 1.54) is 25.1 Å². The fraction of sp³-hybridized carbons (Fsp3) is 0.385. The average molecular weight is 285 g/mol. The van der Waals surface area contributed by atoms with E-state index in [1.807, 2.05) is 0 Å². The lowest BCUT2D eigenvalue weighted by Crippen LogP contribution is -2.47. The first-order valence-electron chi connectivity index (χ1n) is 5.99. The van der Waals surface area contributed by atoms with Gasteiger partial charge < -0.3 is 20.3 Å². The molecule has 0 saturated carbocycles. The highest BCUT2D eigenvalue weighted by Crippen LogP contribution is 2.15. The Morgan fingerprint density at radius 3 is 2.60 bits per heavy atom. The van der Waals surface area contributed by atoms with Gasteiger partial charge in [-0.15, -0.1) is 0 Å². The molecule has 7 heteroatoms. The van der Waals surface area contributed by atoms with Crippen LogP contribution < -0.4 is 10.1 Å². The molecular formula is C13H16FNO5. The smallest absolute Gasteiger partial charge is 0.328 e. The van der Waals surface area contributed by atoms with Gasteiger partial charge in [0.25, 0.3) is 0 Å². The van der Waals surface area contributed by atoms with Gasteiger partial charge in [0.1, 0.15) is 0 Å². The summed E-state index contributed by atoms with van der Waals surface area (Å²) in [7, 11) is 0. The van der Waals surface area contributed by atoms with E-state index >= 15 is 0 Å². The van der Waals surface area contributed by atoms with Crippen LogP contribution in [0.4, 0.5) is 4.39 Å². The van der Waals surface area contributed by atoms with Crippen molar-refractivity contribution in [2.75, 3.05) is 6.61 Å². The third kappa shape index (κ3) is 4.85. The van der Waals surface area contributed by atoms with Crippen molar-refractivity contribution in [1.82, 2.24) is 5.32 Å². The van der Waals surface area contributed by atoms with Gasteiger partial charge in [-0.2, -0.15) is 0 Å². The molecule has 0 fully saturated rings. The minimum absolute atomic E-state index is 0.0191. The van der Waals surface area contributed by atoms with Crippen molar-refractivity contribution in [1.29, 1.82) is 0 Å². The minimum Gasteiger partial charge on any atom is -0.490 e. The number of hydrogen-bond donors (Lipinski definition) is 3. The van der Waals surface area contributed by atoms with Crippen molar-refractivity contribution in [3.63, 3.8) is 0 Å². The van der Waals surface area contributed by atoms with Gasteiger partial charge in [0.2, 0.25) is 5.91 Å². The highest BCUT2D eigenvalue weighted by Gasteiger charge is 2.24. The van der Waals surface area contributed by atoms with Gasteiger partial charge in [-0.25, -0.2) is 9.18 Å². The molecule has 0 radical (unpaired) electrons. The number of para-hydroxylation sites is 1. The summed E-state index contributed by atoms with van der Waals surface area (Å²) in [6, 6.07) is 4.37. The topological polar surface area (TPSA) is 95.9 Å². The maximum Gasteiger partial charge on any atom is 0.328 e. The van der Waals surface area contributed by atoms with Crippen LogP contribution in [0.25, 0.3) is 0 Å². The summed E-state index contributed by atoms with van der Waals surface area (Å²) >= 11 is 0. The zero-order chi connectivity index (χ0) is 15.1. The molecule has 0 unspecified atom stereocenters. The van der Waals surface area contributed by atoms with Crippen molar-refractivity contribution < 1.29 is 28.9 Å². The fourth-order valence-corrected chi connectivity index (χ4v) is 1.45. The maximum absolute atomic E-state index is 13.2. The van der Waals surface area contributed by atoms with E-state index in [9.17, 15) is 19.1 Å². The SMILES string of the molecule is C[C@@H](O)[C@H](NC(=O)CCOc1ccccc1F)C(=O)O. The van der Waals surface area contributed by atoms with Crippen LogP contribution in [-0.4, -0.2) is 40.8 Å². The summed E-state index contributed by atoms with van der Waals surface area (Å²) in [4.78, 5) is 22.2. The average Bonchev–Trinajstić information content (AvgIpc) is 2.37. The molecular weight excluding hydrogens is 269 g/mol. The number of carboxylic acids is 1. The van der Waals surface area contributed by atoms with E-state index in [-0.39, 0.29) is 18.8 Å². The van der Waals surface area contributed by atoms with Gasteiger partial charge in [-0.05, 0) is 19.1 Å². The summed E-state index contributed by atoms with van der Waals surface area (Å²) in [5.74, 6) is -2.45. The second-order valence-corrected chi connectivity index (χ2v) is 4.15. The quantitative estimate of drug-likeness (QED) is 0.679. The number of aliphatic carboxylic acids is 1. The fourth-order valence-electron chi connectivity index (χ4n) is 1.45. The molecule has 0 spiro atoms. The molecule has 6 nitrogen and oxygen atoms in total. The number of amides is 1. The van der Waals surface area contributed by atoms with Crippen LogP contribution in [0, 0.1) is 5.82 Å². The number of aliphatic hydroxyl groups is 1. The van der Waals surface area contributed by atoms with Gasteiger partial charge in [0.05, 0.1) is 19.1 Å². The first-order chi connectivity index (χ1) is 9.41. The molecule has 0 heterocycles. The Morgan fingerprint density at radius 2 is 2.05 bits per heavy atom. The van der Waals surface area contributed by atoms with Crippen LogP contribution in [-0.2, 0) is 9.59 Å². The lowest BCUT2D eigenvalue weighted by molar-refractivity contribution is -0.144. The summed E-state index contributed by atoms with van der Waals surface area (Å²) in [6.45, 7) is 1.16. The summed E-state index contributed by atoms with van der Waals surface area (Å²) < 4.78 is 18.3.